The molecule has 5 heteroatoms. The molecule has 2 unspecified atom stereocenters. The van der Waals surface area contributed by atoms with Crippen LogP contribution >= 0.6 is 0 Å². The standard InChI is InChI=1S/C14H18F2N2O/c1-8-4-3-5-18(9(8)2)14(19)10-6-11(15)12(16)7-13(10)17/h6-9H,3-5,17H2,1-2H3. The van der Waals surface area contributed by atoms with Gasteiger partial charge in [0, 0.05) is 24.3 Å². The summed E-state index contributed by atoms with van der Waals surface area (Å²) in [6.45, 7) is 4.68. The highest BCUT2D eigenvalue weighted by Crippen LogP contribution is 2.26. The van der Waals surface area contributed by atoms with E-state index in [1.807, 2.05) is 6.92 Å². The second-order valence-electron chi connectivity index (χ2n) is 5.21. The van der Waals surface area contributed by atoms with Crippen molar-refractivity contribution in [2.24, 2.45) is 5.92 Å². The average Bonchev–Trinajstić information content (AvgIpc) is 2.36. The van der Waals surface area contributed by atoms with Crippen LogP contribution in [-0.4, -0.2) is 23.4 Å². The first-order valence-electron chi connectivity index (χ1n) is 6.47. The van der Waals surface area contributed by atoms with Crippen LogP contribution in [0.3, 0.4) is 0 Å². The number of nitrogens with zero attached hydrogens (tertiary/aromatic N) is 1. The summed E-state index contributed by atoms with van der Waals surface area (Å²) in [6.07, 6.45) is 1.99. The molecule has 0 bridgehead atoms. The van der Waals surface area contributed by atoms with E-state index in [2.05, 4.69) is 6.92 Å². The van der Waals surface area contributed by atoms with Crippen LogP contribution in [0.15, 0.2) is 12.1 Å². The van der Waals surface area contributed by atoms with Gasteiger partial charge in [0.15, 0.2) is 11.6 Å². The van der Waals surface area contributed by atoms with Crippen molar-refractivity contribution < 1.29 is 13.6 Å². The highest BCUT2D eigenvalue weighted by molar-refractivity contribution is 5.99. The molecule has 0 radical (unpaired) electrons. The predicted molar refractivity (Wildman–Crippen MR) is 69.7 cm³/mol. The van der Waals surface area contributed by atoms with Crippen LogP contribution in [0.1, 0.15) is 37.0 Å². The molecule has 2 atom stereocenters. The summed E-state index contributed by atoms with van der Waals surface area (Å²) in [5, 5.41) is 0. The normalized spacial score (nSPS) is 23.5. The van der Waals surface area contributed by atoms with E-state index < -0.39 is 11.6 Å². The summed E-state index contributed by atoms with van der Waals surface area (Å²) in [7, 11) is 0. The quantitative estimate of drug-likeness (QED) is 0.796. The third kappa shape index (κ3) is 2.55. The summed E-state index contributed by atoms with van der Waals surface area (Å²) in [5.41, 5.74) is 5.65. The maximum atomic E-state index is 13.3. The van der Waals surface area contributed by atoms with Crippen LogP contribution in [-0.2, 0) is 0 Å². The molecule has 1 fully saturated rings. The second-order valence-corrected chi connectivity index (χ2v) is 5.21. The van der Waals surface area contributed by atoms with Gasteiger partial charge in [0.1, 0.15) is 0 Å². The second kappa shape index (κ2) is 5.15. The van der Waals surface area contributed by atoms with Crippen molar-refractivity contribution in [3.8, 4) is 0 Å². The van der Waals surface area contributed by atoms with Gasteiger partial charge >= 0.3 is 0 Å². The van der Waals surface area contributed by atoms with Crippen LogP contribution in [0.4, 0.5) is 14.5 Å². The van der Waals surface area contributed by atoms with E-state index in [0.29, 0.717) is 12.5 Å². The van der Waals surface area contributed by atoms with Crippen molar-refractivity contribution in [1.82, 2.24) is 4.90 Å². The number of hydrogen-bond donors (Lipinski definition) is 1. The van der Waals surface area contributed by atoms with Gasteiger partial charge in [-0.15, -0.1) is 0 Å². The highest BCUT2D eigenvalue weighted by atomic mass is 19.2. The van der Waals surface area contributed by atoms with Gasteiger partial charge in [-0.25, -0.2) is 8.78 Å². The molecule has 3 nitrogen and oxygen atoms in total. The van der Waals surface area contributed by atoms with Crippen LogP contribution in [0, 0.1) is 17.6 Å². The minimum atomic E-state index is -1.05. The molecule has 19 heavy (non-hydrogen) atoms. The maximum absolute atomic E-state index is 13.3. The molecule has 1 aliphatic heterocycles. The van der Waals surface area contributed by atoms with Crippen LogP contribution in [0.2, 0.25) is 0 Å². The fourth-order valence-electron chi connectivity index (χ4n) is 2.52. The van der Waals surface area contributed by atoms with Gasteiger partial charge in [-0.3, -0.25) is 4.79 Å². The van der Waals surface area contributed by atoms with Crippen LogP contribution in [0.5, 0.6) is 0 Å². The SMILES string of the molecule is CC1CCCN(C(=O)c2cc(F)c(F)cc2N)C1C. The minimum absolute atomic E-state index is 0.0191. The first-order valence-corrected chi connectivity index (χ1v) is 6.47. The number of anilines is 1. The third-order valence-corrected chi connectivity index (χ3v) is 3.96. The number of nitrogen functional groups attached to an aromatic ring is 1. The lowest BCUT2D eigenvalue weighted by Crippen LogP contribution is -2.46. The van der Waals surface area contributed by atoms with E-state index in [0.717, 1.165) is 25.0 Å². The molecular formula is C14H18F2N2O. The number of halogens is 2. The molecule has 1 aromatic rings. The number of piperidine rings is 1. The van der Waals surface area contributed by atoms with Gasteiger partial charge in [0.2, 0.25) is 0 Å². The van der Waals surface area contributed by atoms with Crippen molar-refractivity contribution in [2.75, 3.05) is 12.3 Å². The molecule has 1 saturated heterocycles. The Hall–Kier alpha value is -1.65. The first kappa shape index (κ1) is 13.8. The molecule has 1 aromatic carbocycles. The molecule has 2 N–H and O–H groups in total. The Kier molecular flexibility index (Phi) is 3.73. The number of carbonyl (C=O) groups is 1. The molecule has 2 rings (SSSR count). The Morgan fingerprint density at radius 3 is 2.63 bits per heavy atom. The molecule has 0 spiro atoms. The Bertz CT molecular complexity index is 504. The molecule has 1 amide bonds. The summed E-state index contributed by atoms with van der Waals surface area (Å²) in [5.74, 6) is -2.01. The van der Waals surface area contributed by atoms with Gasteiger partial charge < -0.3 is 10.6 Å². The van der Waals surface area contributed by atoms with Crippen molar-refractivity contribution in [1.29, 1.82) is 0 Å². The van der Waals surface area contributed by atoms with Gasteiger partial charge in [-0.2, -0.15) is 0 Å². The Morgan fingerprint density at radius 2 is 1.95 bits per heavy atom. The zero-order chi connectivity index (χ0) is 14.2. The molecule has 1 aliphatic rings. The lowest BCUT2D eigenvalue weighted by atomic mass is 9.91. The molecule has 1 heterocycles. The fourth-order valence-corrected chi connectivity index (χ4v) is 2.52. The van der Waals surface area contributed by atoms with Crippen molar-refractivity contribution in [2.45, 2.75) is 32.7 Å². The number of rotatable bonds is 1. The number of amides is 1. The smallest absolute Gasteiger partial charge is 0.256 e. The van der Waals surface area contributed by atoms with Gasteiger partial charge in [-0.05, 0) is 31.7 Å². The fraction of sp³-hybridized carbons (Fsp3) is 0.500. The molecule has 0 saturated carbocycles. The lowest BCUT2D eigenvalue weighted by molar-refractivity contribution is 0.0551. The molecular weight excluding hydrogens is 250 g/mol. The van der Waals surface area contributed by atoms with Gasteiger partial charge in [0.25, 0.3) is 5.91 Å². The van der Waals surface area contributed by atoms with E-state index in [4.69, 9.17) is 5.73 Å². The Labute approximate surface area is 111 Å². The van der Waals surface area contributed by atoms with Crippen LogP contribution in [0.25, 0.3) is 0 Å². The summed E-state index contributed by atoms with van der Waals surface area (Å²) < 4.78 is 26.3. The minimum Gasteiger partial charge on any atom is -0.398 e. The lowest BCUT2D eigenvalue weighted by Gasteiger charge is -2.38. The van der Waals surface area contributed by atoms with Crippen molar-refractivity contribution >= 4 is 11.6 Å². The zero-order valence-electron chi connectivity index (χ0n) is 11.1. The van der Waals surface area contributed by atoms with Crippen LogP contribution < -0.4 is 5.73 Å². The van der Waals surface area contributed by atoms with E-state index in [1.54, 1.807) is 4.90 Å². The van der Waals surface area contributed by atoms with Crippen molar-refractivity contribution in [3.05, 3.63) is 29.3 Å². The highest BCUT2D eigenvalue weighted by Gasteiger charge is 2.30. The topological polar surface area (TPSA) is 46.3 Å². The average molecular weight is 268 g/mol. The van der Waals surface area contributed by atoms with E-state index in [1.165, 1.54) is 0 Å². The molecule has 0 aromatic heterocycles. The summed E-state index contributed by atoms with van der Waals surface area (Å²) >= 11 is 0. The Morgan fingerprint density at radius 1 is 1.32 bits per heavy atom. The number of likely N-dealkylation sites (tertiary alicyclic amines) is 1. The maximum Gasteiger partial charge on any atom is 0.256 e. The van der Waals surface area contributed by atoms with E-state index in [9.17, 15) is 13.6 Å². The Balaban J connectivity index is 2.31. The number of benzene rings is 1. The largest absolute Gasteiger partial charge is 0.398 e. The molecule has 104 valence electrons. The third-order valence-electron chi connectivity index (χ3n) is 3.96. The molecule has 0 aliphatic carbocycles. The van der Waals surface area contributed by atoms with E-state index >= 15 is 0 Å². The zero-order valence-corrected chi connectivity index (χ0v) is 11.1. The van der Waals surface area contributed by atoms with Gasteiger partial charge in [0.05, 0.1) is 5.56 Å². The first-order chi connectivity index (χ1) is 8.91. The number of nitrogens with two attached hydrogens (primary N) is 1. The number of hydrogen-bond acceptors (Lipinski definition) is 2. The summed E-state index contributed by atoms with van der Waals surface area (Å²) in [4.78, 5) is 14.1. The van der Waals surface area contributed by atoms with Crippen molar-refractivity contribution in [3.63, 3.8) is 0 Å². The van der Waals surface area contributed by atoms with Gasteiger partial charge in [-0.1, -0.05) is 6.92 Å². The number of carbonyl (C=O) groups excluding carboxylic acids is 1. The van der Waals surface area contributed by atoms with E-state index in [-0.39, 0.29) is 23.2 Å². The summed E-state index contributed by atoms with van der Waals surface area (Å²) in [6, 6.07) is 1.83. The predicted octanol–water partition coefficient (Wildman–Crippen LogP) is 2.81. The monoisotopic (exact) mass is 268 g/mol.